The third-order valence-electron chi connectivity index (χ3n) is 3.29. The quantitative estimate of drug-likeness (QED) is 0.728. The minimum absolute atomic E-state index is 0.150. The van der Waals surface area contributed by atoms with Crippen LogP contribution in [-0.2, 0) is 9.59 Å². The molecule has 0 radical (unpaired) electrons. The van der Waals surface area contributed by atoms with E-state index in [2.05, 4.69) is 31.5 Å². The molecule has 0 atom stereocenters. The number of carbonyl (C=O) groups excluding carboxylic acids is 2. The maximum atomic E-state index is 12.6. The van der Waals surface area contributed by atoms with Gasteiger partial charge in [-0.25, -0.2) is 4.98 Å². The molecule has 1 aromatic heterocycles. The molecule has 1 heterocycles. The summed E-state index contributed by atoms with van der Waals surface area (Å²) in [5.74, 6) is -0.165. The van der Waals surface area contributed by atoms with E-state index in [9.17, 15) is 9.59 Å². The highest BCUT2D eigenvalue weighted by atomic mass is 79.9. The fourth-order valence-electron chi connectivity index (χ4n) is 1.82. The highest BCUT2D eigenvalue weighted by Gasteiger charge is 2.22. The summed E-state index contributed by atoms with van der Waals surface area (Å²) < 4.78 is 0.923. The van der Waals surface area contributed by atoms with E-state index in [-0.39, 0.29) is 11.5 Å². The predicted octanol–water partition coefficient (Wildman–Crippen LogP) is 4.39. The number of halogens is 1. The monoisotopic (exact) mass is 401 g/mol. The third kappa shape index (κ3) is 5.83. The molecule has 0 bridgehead atoms. The zero-order valence-corrected chi connectivity index (χ0v) is 15.9. The topological polar surface area (TPSA) is 71.1 Å². The Kier molecular flexibility index (Phi) is 6.09. The largest absolute Gasteiger partial charge is 0.351 e. The number of pyridine rings is 1. The van der Waals surface area contributed by atoms with Crippen LogP contribution in [0.1, 0.15) is 20.8 Å². The Morgan fingerprint density at radius 3 is 2.28 bits per heavy atom. The number of benzene rings is 1. The first-order chi connectivity index (χ1) is 11.8. The molecule has 0 spiro atoms. The summed E-state index contributed by atoms with van der Waals surface area (Å²) in [5.41, 5.74) is 0.276. The smallest absolute Gasteiger partial charge is 0.273 e. The van der Waals surface area contributed by atoms with Gasteiger partial charge in [-0.2, -0.15) is 0 Å². The number of nitrogens with one attached hydrogen (secondary N) is 2. The van der Waals surface area contributed by atoms with E-state index < -0.39 is 11.3 Å². The zero-order valence-electron chi connectivity index (χ0n) is 14.3. The molecule has 0 aliphatic heterocycles. The summed E-state index contributed by atoms with van der Waals surface area (Å²) in [5, 5.41) is 5.70. The van der Waals surface area contributed by atoms with Crippen molar-refractivity contribution in [1.82, 2.24) is 4.98 Å². The first-order valence-electron chi connectivity index (χ1n) is 7.77. The van der Waals surface area contributed by atoms with Crippen LogP contribution in [0.3, 0.4) is 0 Å². The van der Waals surface area contributed by atoms with E-state index in [1.54, 1.807) is 45.2 Å². The van der Waals surface area contributed by atoms with E-state index in [0.717, 1.165) is 4.47 Å². The van der Waals surface area contributed by atoms with Gasteiger partial charge in [0.25, 0.3) is 5.91 Å². The molecular weight excluding hydrogens is 382 g/mol. The molecule has 2 rings (SSSR count). The van der Waals surface area contributed by atoms with Crippen LogP contribution in [0.4, 0.5) is 11.5 Å². The average Bonchev–Trinajstić information content (AvgIpc) is 2.56. The van der Waals surface area contributed by atoms with Gasteiger partial charge in [-0.15, -0.1) is 0 Å². The van der Waals surface area contributed by atoms with E-state index in [1.807, 2.05) is 24.3 Å². The lowest BCUT2D eigenvalue weighted by molar-refractivity contribution is -0.122. The van der Waals surface area contributed by atoms with Gasteiger partial charge in [-0.3, -0.25) is 9.59 Å². The number of aromatic nitrogens is 1. The maximum Gasteiger partial charge on any atom is 0.273 e. The van der Waals surface area contributed by atoms with Crippen LogP contribution in [0, 0.1) is 5.41 Å². The second kappa shape index (κ2) is 8.07. The number of carbonyl (C=O) groups is 2. The fraction of sp³-hybridized carbons (Fsp3) is 0.211. The van der Waals surface area contributed by atoms with Gasteiger partial charge < -0.3 is 10.6 Å². The molecule has 0 fully saturated rings. The maximum absolute atomic E-state index is 12.6. The Morgan fingerprint density at radius 2 is 1.72 bits per heavy atom. The Labute approximate surface area is 155 Å². The summed E-state index contributed by atoms with van der Waals surface area (Å²) >= 11 is 3.37. The fourth-order valence-corrected chi connectivity index (χ4v) is 2.08. The summed E-state index contributed by atoms with van der Waals surface area (Å²) in [6, 6.07) is 12.5. The summed E-state index contributed by atoms with van der Waals surface area (Å²) in [7, 11) is 0. The van der Waals surface area contributed by atoms with Crippen LogP contribution in [-0.4, -0.2) is 16.7 Å². The predicted molar refractivity (Wildman–Crippen MR) is 103 cm³/mol. The van der Waals surface area contributed by atoms with E-state index in [0.29, 0.717) is 11.5 Å². The Bertz CT molecular complexity index is 779. The van der Waals surface area contributed by atoms with Gasteiger partial charge >= 0.3 is 0 Å². The van der Waals surface area contributed by atoms with Crippen LogP contribution in [0.5, 0.6) is 0 Å². The van der Waals surface area contributed by atoms with Gasteiger partial charge in [0, 0.05) is 27.8 Å². The molecule has 2 aromatic rings. The van der Waals surface area contributed by atoms with Crippen molar-refractivity contribution in [2.75, 3.05) is 10.6 Å². The molecule has 0 aliphatic rings. The Morgan fingerprint density at radius 1 is 1.04 bits per heavy atom. The lowest BCUT2D eigenvalue weighted by Gasteiger charge is -2.16. The van der Waals surface area contributed by atoms with Crippen LogP contribution in [0.15, 0.2) is 64.9 Å². The lowest BCUT2D eigenvalue weighted by Crippen LogP contribution is -2.25. The number of allylic oxidation sites excluding steroid dienone is 1. The van der Waals surface area contributed by atoms with Crippen molar-refractivity contribution in [3.05, 3.63) is 64.9 Å². The Hall–Kier alpha value is -2.47. The van der Waals surface area contributed by atoms with Crippen molar-refractivity contribution in [1.29, 1.82) is 0 Å². The number of anilines is 2. The first-order valence-corrected chi connectivity index (χ1v) is 8.56. The summed E-state index contributed by atoms with van der Waals surface area (Å²) in [6.45, 7) is 5.42. The highest BCUT2D eigenvalue weighted by molar-refractivity contribution is 9.10. The van der Waals surface area contributed by atoms with Crippen molar-refractivity contribution >= 4 is 39.1 Å². The van der Waals surface area contributed by atoms with Crippen LogP contribution in [0.25, 0.3) is 0 Å². The molecule has 0 unspecified atom stereocenters. The van der Waals surface area contributed by atoms with Gasteiger partial charge in [-0.05, 0) is 36.4 Å². The molecule has 1 aromatic carbocycles. The van der Waals surface area contributed by atoms with Crippen molar-refractivity contribution in [2.24, 2.45) is 5.41 Å². The van der Waals surface area contributed by atoms with Gasteiger partial charge in [0.05, 0.1) is 0 Å². The SMILES string of the molecule is CC(C)(C)C(=O)C=C(Nc1ccc(Br)cc1)C(=O)Nc1ccccn1. The second-order valence-corrected chi connectivity index (χ2v) is 7.39. The molecule has 0 saturated heterocycles. The Balaban J connectivity index is 2.27. The number of ketones is 1. The van der Waals surface area contributed by atoms with Crippen molar-refractivity contribution in [3.8, 4) is 0 Å². The number of nitrogens with zero attached hydrogens (tertiary/aromatic N) is 1. The highest BCUT2D eigenvalue weighted by Crippen LogP contribution is 2.19. The zero-order chi connectivity index (χ0) is 18.4. The second-order valence-electron chi connectivity index (χ2n) is 6.47. The lowest BCUT2D eigenvalue weighted by atomic mass is 9.90. The molecule has 1 amide bonds. The molecule has 0 saturated carbocycles. The van der Waals surface area contributed by atoms with Crippen molar-refractivity contribution < 1.29 is 9.59 Å². The number of amides is 1. The minimum Gasteiger partial charge on any atom is -0.351 e. The first kappa shape index (κ1) is 18.9. The van der Waals surface area contributed by atoms with E-state index >= 15 is 0 Å². The van der Waals surface area contributed by atoms with Gasteiger partial charge in [0.15, 0.2) is 5.78 Å². The van der Waals surface area contributed by atoms with Crippen LogP contribution >= 0.6 is 15.9 Å². The number of rotatable bonds is 5. The molecular formula is C19H20BrN3O2. The van der Waals surface area contributed by atoms with Crippen LogP contribution in [0.2, 0.25) is 0 Å². The minimum atomic E-state index is -0.585. The van der Waals surface area contributed by atoms with Gasteiger partial charge in [-0.1, -0.05) is 42.8 Å². The number of hydrogen-bond acceptors (Lipinski definition) is 4. The van der Waals surface area contributed by atoms with E-state index in [4.69, 9.17) is 0 Å². The summed E-state index contributed by atoms with van der Waals surface area (Å²) in [6.07, 6.45) is 2.92. The van der Waals surface area contributed by atoms with Crippen molar-refractivity contribution in [3.63, 3.8) is 0 Å². The molecule has 130 valence electrons. The molecule has 6 heteroatoms. The number of hydrogen-bond donors (Lipinski definition) is 2. The normalized spacial score (nSPS) is 11.8. The summed E-state index contributed by atoms with van der Waals surface area (Å²) in [4.78, 5) is 29.0. The van der Waals surface area contributed by atoms with Gasteiger partial charge in [0.1, 0.15) is 11.5 Å². The average molecular weight is 402 g/mol. The molecule has 25 heavy (non-hydrogen) atoms. The van der Waals surface area contributed by atoms with E-state index in [1.165, 1.54) is 6.08 Å². The molecule has 2 N–H and O–H groups in total. The van der Waals surface area contributed by atoms with Crippen molar-refractivity contribution in [2.45, 2.75) is 20.8 Å². The molecule has 0 aliphatic carbocycles. The third-order valence-corrected chi connectivity index (χ3v) is 3.82. The molecule has 5 nitrogen and oxygen atoms in total. The van der Waals surface area contributed by atoms with Crippen LogP contribution < -0.4 is 10.6 Å². The van der Waals surface area contributed by atoms with Gasteiger partial charge in [0.2, 0.25) is 0 Å². The standard InChI is InChI=1S/C19H20BrN3O2/c1-19(2,3)16(24)12-15(22-14-9-7-13(20)8-10-14)18(25)23-17-6-4-5-11-21-17/h4-12,22H,1-3H3,(H,21,23,25).